The van der Waals surface area contributed by atoms with Crippen LogP contribution in [0.4, 0.5) is 0 Å². The molecule has 0 radical (unpaired) electrons. The van der Waals surface area contributed by atoms with Gasteiger partial charge >= 0.3 is 0 Å². The summed E-state index contributed by atoms with van der Waals surface area (Å²) in [7, 11) is 0. The van der Waals surface area contributed by atoms with Gasteiger partial charge in [-0.3, -0.25) is 0 Å². The second-order valence-electron chi connectivity index (χ2n) is 20.5. The first-order valence-electron chi connectivity index (χ1n) is 26.9. The van der Waals surface area contributed by atoms with Crippen molar-refractivity contribution in [3.63, 3.8) is 0 Å². The maximum atomic E-state index is 7.43. The van der Waals surface area contributed by atoms with Crippen LogP contribution in [0.1, 0.15) is 75.3 Å². The molecule has 5 aromatic rings. The van der Waals surface area contributed by atoms with Gasteiger partial charge < -0.3 is 52.1 Å². The first-order chi connectivity index (χ1) is 36.2. The molecule has 398 valence electrons. The van der Waals surface area contributed by atoms with Crippen molar-refractivity contribution in [1.82, 2.24) is 0 Å². The maximum absolute atomic E-state index is 7.43. The van der Waals surface area contributed by atoms with Crippen LogP contribution >= 0.6 is 0 Å². The minimum atomic E-state index is -0.880. The van der Waals surface area contributed by atoms with Crippen LogP contribution in [-0.2, 0) is 85.1 Å². The molecule has 15 atom stereocenters. The molecule has 3 aliphatic heterocycles. The van der Waals surface area contributed by atoms with Crippen molar-refractivity contribution >= 4 is 0 Å². The Morgan fingerprint density at radius 2 is 0.743 bits per heavy atom. The van der Waals surface area contributed by atoms with Gasteiger partial charge in [0.2, 0.25) is 0 Å². The molecule has 0 bridgehead atoms. The van der Waals surface area contributed by atoms with Gasteiger partial charge in [0.05, 0.1) is 77.8 Å². The van der Waals surface area contributed by atoms with E-state index in [1.54, 1.807) is 0 Å². The molecule has 3 heterocycles. The van der Waals surface area contributed by atoms with E-state index in [2.05, 4.69) is 102 Å². The zero-order valence-corrected chi connectivity index (χ0v) is 44.1. The van der Waals surface area contributed by atoms with Crippen LogP contribution in [0.25, 0.3) is 0 Å². The van der Waals surface area contributed by atoms with Crippen LogP contribution in [0.5, 0.6) is 0 Å². The van der Waals surface area contributed by atoms with Gasteiger partial charge in [0.15, 0.2) is 18.9 Å². The molecule has 11 heteroatoms. The number of allylic oxidation sites excluding steroid dienone is 1. The second kappa shape index (κ2) is 29.1. The van der Waals surface area contributed by atoms with E-state index in [1.165, 1.54) is 0 Å². The van der Waals surface area contributed by atoms with Crippen molar-refractivity contribution in [2.24, 2.45) is 29.6 Å². The molecule has 3 saturated heterocycles. The van der Waals surface area contributed by atoms with Crippen LogP contribution in [0.3, 0.4) is 0 Å². The summed E-state index contributed by atoms with van der Waals surface area (Å²) in [5.41, 5.74) is 5.32. The highest BCUT2D eigenvalue weighted by atomic mass is 16.8. The molecule has 11 nitrogen and oxygen atoms in total. The smallest absolute Gasteiger partial charge is 0.185 e. The summed E-state index contributed by atoms with van der Waals surface area (Å²) in [6.45, 7) is 18.4. The largest absolute Gasteiger partial charge is 0.374 e. The highest BCUT2D eigenvalue weighted by Gasteiger charge is 2.53. The average Bonchev–Trinajstić information content (AvgIpc) is 3.43. The lowest BCUT2D eigenvalue weighted by molar-refractivity contribution is -0.371. The fourth-order valence-electron chi connectivity index (χ4n) is 10.3. The maximum Gasteiger partial charge on any atom is 0.185 e. The highest BCUT2D eigenvalue weighted by molar-refractivity contribution is 5.17. The molecule has 74 heavy (non-hydrogen) atoms. The van der Waals surface area contributed by atoms with Crippen molar-refractivity contribution in [2.75, 3.05) is 26.4 Å². The molecule has 3 aliphatic rings. The van der Waals surface area contributed by atoms with Crippen molar-refractivity contribution in [1.29, 1.82) is 0 Å². The Morgan fingerprint density at radius 1 is 0.378 bits per heavy atom. The Morgan fingerprint density at radius 3 is 1.18 bits per heavy atom. The number of hydrogen-bond acceptors (Lipinski definition) is 11. The standard InChI is InChI=1S/C63H80O11/c1-7-8-24-35-67-62-59(68-39-52-31-20-12-21-32-52)47(5)58(55(71-62)42-65-37-50-27-16-10-17-28-50)74-63-60(69-40-53-33-22-13-23-34-53)48(6)57(56(72-63)43-66-38-51-29-18-11-19-30-51)73-61-46(4)44(2)45(3)54(70-61)41-64-36-49-25-14-9-15-26-49/h7,9-23,25-34,44-48,54-63H,1,8,24,35-43H2,2-6H3/t44-,45+,46?,47-,48-,54?,55?,56?,57+,58-,59?,60?,61+,62+,63-/m0/s1. The summed E-state index contributed by atoms with van der Waals surface area (Å²) in [4.78, 5) is 0. The van der Waals surface area contributed by atoms with E-state index in [0.717, 1.165) is 40.7 Å². The Balaban J connectivity index is 1.09. The van der Waals surface area contributed by atoms with Crippen LogP contribution in [0, 0.1) is 29.6 Å². The minimum absolute atomic E-state index is 0.0720. The van der Waals surface area contributed by atoms with Gasteiger partial charge in [0.1, 0.15) is 24.4 Å². The number of benzene rings is 5. The van der Waals surface area contributed by atoms with Gasteiger partial charge in [-0.15, -0.1) is 6.58 Å². The van der Waals surface area contributed by atoms with Crippen molar-refractivity contribution < 1.29 is 52.1 Å². The van der Waals surface area contributed by atoms with Gasteiger partial charge in [-0.1, -0.05) is 192 Å². The monoisotopic (exact) mass is 1010 g/mol. The van der Waals surface area contributed by atoms with E-state index in [4.69, 9.17) is 52.1 Å². The topological polar surface area (TPSA) is 102 Å². The molecule has 0 amide bonds. The molecule has 0 saturated carbocycles. The van der Waals surface area contributed by atoms with Crippen LogP contribution < -0.4 is 0 Å². The molecule has 0 aliphatic carbocycles. The lowest BCUT2D eigenvalue weighted by Gasteiger charge is -2.51. The Bertz CT molecular complexity index is 2300. The van der Waals surface area contributed by atoms with E-state index >= 15 is 0 Å². The molecule has 0 spiro atoms. The third-order valence-electron chi connectivity index (χ3n) is 15.1. The summed E-state index contributed by atoms with van der Waals surface area (Å²) >= 11 is 0. The first kappa shape index (κ1) is 55.6. The predicted molar refractivity (Wildman–Crippen MR) is 285 cm³/mol. The van der Waals surface area contributed by atoms with E-state index in [9.17, 15) is 0 Å². The summed E-state index contributed by atoms with van der Waals surface area (Å²) in [6, 6.07) is 50.9. The highest BCUT2D eigenvalue weighted by Crippen LogP contribution is 2.41. The molecule has 6 unspecified atom stereocenters. The predicted octanol–water partition coefficient (Wildman–Crippen LogP) is 11.9. The summed E-state index contributed by atoms with van der Waals surface area (Å²) in [5.74, 6) is 0.0852. The van der Waals surface area contributed by atoms with E-state index < -0.39 is 55.5 Å². The Labute approximate surface area is 440 Å². The molecule has 0 N–H and O–H groups in total. The third kappa shape index (κ3) is 15.7. The van der Waals surface area contributed by atoms with Crippen LogP contribution in [0.15, 0.2) is 164 Å². The molecule has 8 rings (SSSR count). The molecule has 3 fully saturated rings. The minimum Gasteiger partial charge on any atom is -0.374 e. The molecular weight excluding hydrogens is 933 g/mol. The average molecular weight is 1010 g/mol. The first-order valence-corrected chi connectivity index (χ1v) is 26.9. The van der Waals surface area contributed by atoms with Crippen molar-refractivity contribution in [3.05, 3.63) is 192 Å². The van der Waals surface area contributed by atoms with Gasteiger partial charge in [-0.2, -0.15) is 0 Å². The van der Waals surface area contributed by atoms with Gasteiger partial charge in [-0.05, 0) is 52.5 Å². The summed E-state index contributed by atoms with van der Waals surface area (Å²) in [5, 5.41) is 0. The number of unbranched alkanes of at least 4 members (excludes halogenated alkanes) is 1. The van der Waals surface area contributed by atoms with E-state index in [0.29, 0.717) is 46.2 Å². The van der Waals surface area contributed by atoms with Gasteiger partial charge in [-0.25, -0.2) is 0 Å². The van der Waals surface area contributed by atoms with Crippen LogP contribution in [0.2, 0.25) is 0 Å². The number of rotatable bonds is 27. The fourth-order valence-corrected chi connectivity index (χ4v) is 10.3. The third-order valence-corrected chi connectivity index (χ3v) is 15.1. The zero-order valence-electron chi connectivity index (χ0n) is 44.1. The Kier molecular flexibility index (Phi) is 21.8. The molecule has 0 aromatic heterocycles. The normalized spacial score (nSPS) is 30.2. The summed E-state index contributed by atoms with van der Waals surface area (Å²) < 4.78 is 75.7. The fraction of sp³-hybridized carbons (Fsp3) is 0.492. The van der Waals surface area contributed by atoms with E-state index in [-0.39, 0.29) is 48.9 Å². The quantitative estimate of drug-likeness (QED) is 0.0371. The van der Waals surface area contributed by atoms with Crippen molar-refractivity contribution in [3.8, 4) is 0 Å². The van der Waals surface area contributed by atoms with Gasteiger partial charge in [0, 0.05) is 17.8 Å². The number of hydrogen-bond donors (Lipinski definition) is 0. The molecular formula is C63H80O11. The van der Waals surface area contributed by atoms with E-state index in [1.807, 2.05) is 97.1 Å². The zero-order chi connectivity index (χ0) is 51.5. The summed E-state index contributed by atoms with van der Waals surface area (Å²) in [6.07, 6.45) is -2.09. The van der Waals surface area contributed by atoms with Gasteiger partial charge in [0.25, 0.3) is 0 Å². The number of ether oxygens (including phenoxy) is 11. The second-order valence-corrected chi connectivity index (χ2v) is 20.5. The van der Waals surface area contributed by atoms with Crippen molar-refractivity contribution in [2.45, 2.75) is 142 Å². The molecule has 5 aromatic carbocycles. The lowest BCUT2D eigenvalue weighted by atomic mass is 9.79. The lowest BCUT2D eigenvalue weighted by Crippen LogP contribution is -2.63. The van der Waals surface area contributed by atoms with Crippen LogP contribution in [-0.4, -0.2) is 88.0 Å². The Hall–Kier alpha value is -4.60. The SMILES string of the molecule is C=CCCCO[C@@H]1OC(COCc2ccccc2)[C@@H](O[C@@H]2OC(COCc3ccccc3)[C@H](O[C@H]3OC(COCc4ccccc4)[C@H](C)[C@H](C)C3C)[C@H](C)C2OCc2ccccc2)[C@H](C)C1OCc1ccccc1.